The number of nitrogens with zero attached hydrogens (tertiary/aromatic N) is 2. The van der Waals surface area contributed by atoms with Crippen molar-refractivity contribution in [2.24, 2.45) is 0 Å². The van der Waals surface area contributed by atoms with Crippen LogP contribution in [0.5, 0.6) is 0 Å². The van der Waals surface area contributed by atoms with Gasteiger partial charge in [0.1, 0.15) is 0 Å². The first-order valence-electron chi connectivity index (χ1n) is 4.81. The van der Waals surface area contributed by atoms with E-state index < -0.39 is 0 Å². The van der Waals surface area contributed by atoms with Gasteiger partial charge in [-0.05, 0) is 29.9 Å². The zero-order valence-electron chi connectivity index (χ0n) is 10.3. The Balaban J connectivity index is 0. The van der Waals surface area contributed by atoms with Crippen LogP contribution in [-0.4, -0.2) is 6.03 Å². The Morgan fingerprint density at radius 1 is 1.41 bits per heavy atom. The quantitative estimate of drug-likeness (QED) is 0.746. The molecule has 0 atom stereocenters. The Morgan fingerprint density at radius 3 is 2.65 bits per heavy atom. The van der Waals surface area contributed by atoms with Crippen molar-refractivity contribution in [1.29, 1.82) is 5.26 Å². The Morgan fingerprint density at radius 2 is 2.06 bits per heavy atom. The Kier molecular flexibility index (Phi) is 9.93. The predicted octanol–water partition coefficient (Wildman–Crippen LogP) is 3.45. The molecule has 17 heavy (non-hydrogen) atoms. The summed E-state index contributed by atoms with van der Waals surface area (Å²) < 4.78 is 0. The fourth-order valence-corrected chi connectivity index (χ4v) is 1.23. The molecule has 5 heteroatoms. The van der Waals surface area contributed by atoms with Crippen molar-refractivity contribution >= 4 is 11.7 Å². The van der Waals surface area contributed by atoms with E-state index in [1.54, 1.807) is 18.2 Å². The number of amides is 2. The van der Waals surface area contributed by atoms with Gasteiger partial charge in [0.05, 0.1) is 11.6 Å². The summed E-state index contributed by atoms with van der Waals surface area (Å²) in [5.41, 5.74) is 2.22. The molecule has 1 aromatic rings. The molecular formula is C12H15N3OY-2. The van der Waals surface area contributed by atoms with Crippen molar-refractivity contribution in [2.75, 3.05) is 5.32 Å². The number of urea groups is 1. The van der Waals surface area contributed by atoms with Gasteiger partial charge in [-0.25, -0.2) is 0 Å². The second-order valence-electron chi connectivity index (χ2n) is 2.73. The van der Waals surface area contributed by atoms with Gasteiger partial charge in [0, 0.05) is 32.7 Å². The summed E-state index contributed by atoms with van der Waals surface area (Å²) in [5.74, 6) is 0. The number of rotatable bonds is 0. The van der Waals surface area contributed by atoms with Gasteiger partial charge >= 0.3 is 0 Å². The molecule has 0 saturated carbocycles. The molecule has 89 valence electrons. The van der Waals surface area contributed by atoms with Crippen LogP contribution in [0.25, 0.3) is 5.32 Å². The first kappa shape index (κ1) is 18.4. The maximum absolute atomic E-state index is 10.8. The van der Waals surface area contributed by atoms with E-state index in [2.05, 4.69) is 10.6 Å². The minimum absolute atomic E-state index is 0. The van der Waals surface area contributed by atoms with E-state index in [0.29, 0.717) is 12.1 Å². The van der Waals surface area contributed by atoms with E-state index in [9.17, 15) is 4.79 Å². The Hall–Kier alpha value is -0.916. The number of carbonyl (C=O) groups is 1. The van der Waals surface area contributed by atoms with E-state index in [1.165, 1.54) is 0 Å². The third-order valence-corrected chi connectivity index (χ3v) is 1.87. The minimum Gasteiger partial charge on any atom is -0.426 e. The van der Waals surface area contributed by atoms with Crippen LogP contribution in [0, 0.1) is 18.8 Å². The van der Waals surface area contributed by atoms with Crippen LogP contribution in [0.3, 0.4) is 0 Å². The van der Waals surface area contributed by atoms with Gasteiger partial charge in [-0.15, -0.1) is 0 Å². The summed E-state index contributed by atoms with van der Waals surface area (Å²) in [6.07, 6.45) is 0. The number of hydrogen-bond acceptors (Lipinski definition) is 2. The second kappa shape index (κ2) is 9.15. The summed E-state index contributed by atoms with van der Waals surface area (Å²) in [6.45, 7) is 4.36. The number of nitriles is 1. The first-order chi connectivity index (χ1) is 7.29. The summed E-state index contributed by atoms with van der Waals surface area (Å²) >= 11 is 0. The standard InChI is InChI=1S/C9H7N3O.C2H6.CH3.Y/c10-4-6-1-2-8-7(3-6)5-11-9(13)12-8;1-2;;/h1-3H,5H2,(H2,11,12,13);1-2H3;1H3;/q;;-1;/p-1. The number of hydrogen-bond donors (Lipinski definition) is 1. The smallest absolute Gasteiger partial charge is 0.156 e. The molecule has 0 aliphatic carbocycles. The van der Waals surface area contributed by atoms with Crippen LogP contribution in [0.15, 0.2) is 18.2 Å². The van der Waals surface area contributed by atoms with Crippen molar-refractivity contribution in [3.8, 4) is 6.07 Å². The average molecular weight is 306 g/mol. The van der Waals surface area contributed by atoms with Crippen LogP contribution in [0.4, 0.5) is 10.5 Å². The maximum atomic E-state index is 10.8. The maximum Gasteiger partial charge on any atom is 0.156 e. The second-order valence-corrected chi connectivity index (χ2v) is 2.73. The molecule has 0 aromatic heterocycles. The fourth-order valence-electron chi connectivity index (χ4n) is 1.23. The Labute approximate surface area is 128 Å². The van der Waals surface area contributed by atoms with Crippen LogP contribution in [-0.2, 0) is 39.3 Å². The van der Waals surface area contributed by atoms with E-state index in [4.69, 9.17) is 5.26 Å². The molecule has 0 fully saturated rings. The number of benzene rings is 1. The van der Waals surface area contributed by atoms with Crippen molar-refractivity contribution < 1.29 is 37.5 Å². The van der Waals surface area contributed by atoms with Gasteiger partial charge in [-0.1, -0.05) is 19.9 Å². The molecule has 0 unspecified atom stereocenters. The van der Waals surface area contributed by atoms with Crippen LogP contribution in [0.1, 0.15) is 25.0 Å². The number of anilines is 1. The molecule has 1 aromatic carbocycles. The average Bonchev–Trinajstić information content (AvgIpc) is 2.31. The van der Waals surface area contributed by atoms with Crippen molar-refractivity contribution in [1.82, 2.24) is 0 Å². The van der Waals surface area contributed by atoms with Crippen molar-refractivity contribution in [3.63, 3.8) is 0 Å². The molecule has 4 nitrogen and oxygen atoms in total. The van der Waals surface area contributed by atoms with Gasteiger partial charge in [0.15, 0.2) is 6.03 Å². The molecule has 0 bridgehead atoms. The van der Waals surface area contributed by atoms with Crippen LogP contribution >= 0.6 is 0 Å². The van der Waals surface area contributed by atoms with E-state index in [1.807, 2.05) is 19.9 Å². The largest absolute Gasteiger partial charge is 0.426 e. The summed E-state index contributed by atoms with van der Waals surface area (Å²) in [6, 6.07) is 6.84. The van der Waals surface area contributed by atoms with Crippen molar-refractivity contribution in [2.45, 2.75) is 20.4 Å². The first-order valence-corrected chi connectivity index (χ1v) is 4.81. The topological polar surface area (TPSA) is 67.0 Å². The van der Waals surface area contributed by atoms with Gasteiger partial charge in [-0.3, -0.25) is 4.79 Å². The van der Waals surface area contributed by atoms with Gasteiger partial charge in [0.25, 0.3) is 0 Å². The Bertz CT molecular complexity index is 413. The monoisotopic (exact) mass is 306 g/mol. The minimum atomic E-state index is -0.322. The number of nitrogens with one attached hydrogen (secondary N) is 1. The molecule has 0 saturated heterocycles. The SMILES string of the molecule is CC.N#Cc1ccc2c(c1)C[N-]C(=O)N2.[CH3-].[Y]. The third-order valence-electron chi connectivity index (χ3n) is 1.87. The normalized spacial score (nSPS) is 10.8. The molecule has 1 aliphatic rings. The molecule has 1 N–H and O–H groups in total. The van der Waals surface area contributed by atoms with Gasteiger partial charge in [0.2, 0.25) is 0 Å². The third kappa shape index (κ3) is 4.85. The molecule has 1 aliphatic heterocycles. The predicted molar refractivity (Wildman–Crippen MR) is 65.0 cm³/mol. The summed E-state index contributed by atoms with van der Waals surface area (Å²) in [7, 11) is 0. The molecule has 1 radical (unpaired) electrons. The summed E-state index contributed by atoms with van der Waals surface area (Å²) in [4.78, 5) is 10.8. The van der Waals surface area contributed by atoms with Gasteiger partial charge < -0.3 is 18.1 Å². The molecule has 2 rings (SSSR count). The van der Waals surface area contributed by atoms with Crippen molar-refractivity contribution in [3.05, 3.63) is 42.1 Å². The molecular weight excluding hydrogens is 291 g/mol. The molecule has 2 amide bonds. The van der Waals surface area contributed by atoms with E-state index >= 15 is 0 Å². The number of carbonyl (C=O) groups excluding carboxylic acids is 1. The zero-order chi connectivity index (χ0) is 11.3. The molecule has 1 heterocycles. The zero-order valence-corrected chi connectivity index (χ0v) is 13.2. The van der Waals surface area contributed by atoms with E-state index in [0.717, 1.165) is 11.3 Å². The molecule has 0 spiro atoms. The van der Waals surface area contributed by atoms with Crippen LogP contribution < -0.4 is 5.32 Å². The number of fused-ring (bicyclic) bond motifs is 1. The van der Waals surface area contributed by atoms with Gasteiger partial charge in [-0.2, -0.15) is 5.26 Å². The van der Waals surface area contributed by atoms with Crippen LogP contribution in [0.2, 0.25) is 0 Å². The summed E-state index contributed by atoms with van der Waals surface area (Å²) in [5, 5.41) is 14.9. The van der Waals surface area contributed by atoms with E-state index in [-0.39, 0.29) is 46.2 Å². The fraction of sp³-hybridized carbons (Fsp3) is 0.250.